The number of nitrogens with zero attached hydrogens (tertiary/aromatic N) is 2. The van der Waals surface area contributed by atoms with Gasteiger partial charge in [-0.05, 0) is 81.9 Å². The molecule has 1 N–H and O–H groups in total. The van der Waals surface area contributed by atoms with Crippen LogP contribution in [0, 0.1) is 7.14 Å². The van der Waals surface area contributed by atoms with Crippen LogP contribution in [0.1, 0.15) is 28.9 Å². The Bertz CT molecular complexity index is 1370. The van der Waals surface area contributed by atoms with Crippen molar-refractivity contribution in [1.29, 1.82) is 0 Å². The van der Waals surface area contributed by atoms with E-state index in [1.807, 2.05) is 61.5 Å². The van der Waals surface area contributed by atoms with Crippen molar-refractivity contribution in [3.8, 4) is 5.75 Å². The normalized spacial score (nSPS) is 15.4. The van der Waals surface area contributed by atoms with Crippen molar-refractivity contribution in [2.75, 3.05) is 12.4 Å². The zero-order valence-electron chi connectivity index (χ0n) is 17.4. The Morgan fingerprint density at radius 1 is 1.03 bits per heavy atom. The number of hydrogen-bond acceptors (Lipinski definition) is 4. The molecule has 0 spiro atoms. The van der Waals surface area contributed by atoms with Crippen LogP contribution in [0.5, 0.6) is 5.75 Å². The summed E-state index contributed by atoms with van der Waals surface area (Å²) in [5.74, 6) is 1.58. The lowest BCUT2D eigenvalue weighted by atomic mass is 9.89. The van der Waals surface area contributed by atoms with E-state index in [9.17, 15) is 4.79 Å². The molecule has 160 valence electrons. The number of fused-ring (bicyclic) bond motifs is 3. The molecule has 0 amide bonds. The molecule has 0 aliphatic carbocycles. The lowest BCUT2D eigenvalue weighted by molar-refractivity contribution is 0.102. The molecular formula is C25H19I2N3O2. The minimum atomic E-state index is -0.320. The first-order valence-electron chi connectivity index (χ1n) is 10.1. The first-order valence-corrected chi connectivity index (χ1v) is 12.2. The van der Waals surface area contributed by atoms with E-state index >= 15 is 0 Å². The van der Waals surface area contributed by atoms with E-state index in [1.54, 1.807) is 7.11 Å². The second-order valence-corrected chi connectivity index (χ2v) is 9.90. The van der Waals surface area contributed by atoms with Gasteiger partial charge in [-0.2, -0.15) is 0 Å². The second kappa shape index (κ2) is 8.51. The summed E-state index contributed by atoms with van der Waals surface area (Å²) in [4.78, 5) is 18.6. The molecule has 5 nitrogen and oxygen atoms in total. The predicted molar refractivity (Wildman–Crippen MR) is 143 cm³/mol. The van der Waals surface area contributed by atoms with Crippen LogP contribution in [-0.2, 0) is 0 Å². The highest BCUT2D eigenvalue weighted by atomic mass is 127. The van der Waals surface area contributed by atoms with Crippen molar-refractivity contribution in [2.24, 2.45) is 0 Å². The molecule has 1 aliphatic heterocycles. The van der Waals surface area contributed by atoms with Gasteiger partial charge >= 0.3 is 0 Å². The summed E-state index contributed by atoms with van der Waals surface area (Å²) >= 11 is 4.59. The van der Waals surface area contributed by atoms with Crippen LogP contribution >= 0.6 is 45.2 Å². The van der Waals surface area contributed by atoms with Crippen LogP contribution in [0.3, 0.4) is 0 Å². The Labute approximate surface area is 213 Å². The molecule has 0 radical (unpaired) electrons. The number of rotatable bonds is 4. The summed E-state index contributed by atoms with van der Waals surface area (Å²) in [7, 11) is 1.68. The number of para-hydroxylation sites is 2. The highest BCUT2D eigenvalue weighted by Gasteiger charge is 2.35. The zero-order chi connectivity index (χ0) is 22.4. The van der Waals surface area contributed by atoms with E-state index < -0.39 is 0 Å². The first kappa shape index (κ1) is 21.4. The number of allylic oxidation sites excluding steroid dienone is 2. The van der Waals surface area contributed by atoms with Crippen LogP contribution in [0.15, 0.2) is 78.0 Å². The largest absolute Gasteiger partial charge is 0.495 e. The highest BCUT2D eigenvalue weighted by molar-refractivity contribution is 14.1. The number of ether oxygens (including phenoxy) is 1. The van der Waals surface area contributed by atoms with Gasteiger partial charge in [0.25, 0.3) is 0 Å². The van der Waals surface area contributed by atoms with Crippen LogP contribution in [0.2, 0.25) is 0 Å². The van der Waals surface area contributed by atoms with Gasteiger partial charge in [0.05, 0.1) is 31.3 Å². The third kappa shape index (κ3) is 3.51. The number of halogens is 2. The van der Waals surface area contributed by atoms with E-state index in [0.717, 1.165) is 41.1 Å². The Balaban J connectivity index is 1.79. The fourth-order valence-corrected chi connectivity index (χ4v) is 6.51. The molecule has 1 atom stereocenters. The van der Waals surface area contributed by atoms with E-state index in [0.29, 0.717) is 11.1 Å². The van der Waals surface area contributed by atoms with Crippen LogP contribution < -0.4 is 10.1 Å². The molecule has 0 saturated heterocycles. The van der Waals surface area contributed by atoms with E-state index in [2.05, 4.69) is 67.2 Å². The van der Waals surface area contributed by atoms with Gasteiger partial charge in [-0.25, -0.2) is 4.98 Å². The Hall–Kier alpha value is -2.40. The summed E-state index contributed by atoms with van der Waals surface area (Å²) < 4.78 is 9.71. The highest BCUT2D eigenvalue weighted by Crippen LogP contribution is 2.42. The molecule has 4 aromatic rings. The number of carbonyl (C=O) groups is 1. The standard InChI is InChI=1S/C25H19I2N3O2/c1-14-21(23(31)15-8-4-3-5-9-15)22(16-12-17(26)24(32-2)18(27)13-16)30-20-11-7-6-10-19(20)29-25(30)28-14/h3-13,22H,1-2H3,(H,28,29). The minimum Gasteiger partial charge on any atom is -0.495 e. The van der Waals surface area contributed by atoms with Crippen molar-refractivity contribution in [3.63, 3.8) is 0 Å². The fraction of sp³-hybridized carbons (Fsp3) is 0.120. The predicted octanol–water partition coefficient (Wildman–Crippen LogP) is 6.43. The third-order valence-corrected chi connectivity index (χ3v) is 7.25. The Morgan fingerprint density at radius 2 is 1.69 bits per heavy atom. The molecule has 32 heavy (non-hydrogen) atoms. The molecule has 1 aromatic heterocycles. The van der Waals surface area contributed by atoms with Crippen molar-refractivity contribution in [1.82, 2.24) is 9.55 Å². The van der Waals surface area contributed by atoms with Crippen LogP contribution in [0.25, 0.3) is 11.0 Å². The van der Waals surface area contributed by atoms with Gasteiger partial charge in [0.1, 0.15) is 5.75 Å². The summed E-state index contributed by atoms with van der Waals surface area (Å²) in [6.07, 6.45) is 0. The summed E-state index contributed by atoms with van der Waals surface area (Å²) in [6, 6.07) is 21.3. The van der Waals surface area contributed by atoms with Gasteiger partial charge in [-0.15, -0.1) is 0 Å². The number of imidazole rings is 1. The van der Waals surface area contributed by atoms with Gasteiger partial charge in [0.2, 0.25) is 5.95 Å². The number of carbonyl (C=O) groups excluding carboxylic acids is 1. The second-order valence-electron chi connectivity index (χ2n) is 7.57. The molecule has 5 rings (SSSR count). The number of benzene rings is 3. The minimum absolute atomic E-state index is 0.00451. The number of aromatic nitrogens is 2. The lowest BCUT2D eigenvalue weighted by Crippen LogP contribution is -2.28. The summed E-state index contributed by atoms with van der Waals surface area (Å²) in [5.41, 5.74) is 5.07. The van der Waals surface area contributed by atoms with E-state index in [4.69, 9.17) is 9.72 Å². The molecule has 0 saturated carbocycles. The number of methoxy groups -OCH3 is 1. The van der Waals surface area contributed by atoms with Crippen molar-refractivity contribution in [2.45, 2.75) is 13.0 Å². The van der Waals surface area contributed by atoms with Crippen LogP contribution in [0.4, 0.5) is 5.95 Å². The summed E-state index contributed by atoms with van der Waals surface area (Å²) in [5, 5.41) is 3.38. The maximum absolute atomic E-state index is 13.8. The van der Waals surface area contributed by atoms with Gasteiger partial charge in [-0.3, -0.25) is 9.36 Å². The number of Topliss-reactive ketones (excluding diaryl/α,β-unsaturated/α-hetero) is 1. The monoisotopic (exact) mass is 647 g/mol. The molecule has 0 bridgehead atoms. The van der Waals surface area contributed by atoms with Gasteiger partial charge < -0.3 is 10.1 Å². The third-order valence-electron chi connectivity index (χ3n) is 5.65. The topological polar surface area (TPSA) is 56.1 Å². The number of hydrogen-bond donors (Lipinski definition) is 1. The number of anilines is 1. The quantitative estimate of drug-likeness (QED) is 0.205. The van der Waals surface area contributed by atoms with Crippen molar-refractivity contribution < 1.29 is 9.53 Å². The molecule has 1 unspecified atom stereocenters. The van der Waals surface area contributed by atoms with Crippen molar-refractivity contribution in [3.05, 3.63) is 96.3 Å². The van der Waals surface area contributed by atoms with Crippen LogP contribution in [-0.4, -0.2) is 22.4 Å². The average molecular weight is 647 g/mol. The molecule has 2 heterocycles. The number of ketones is 1. The average Bonchev–Trinajstić information content (AvgIpc) is 3.16. The molecule has 1 aliphatic rings. The lowest BCUT2D eigenvalue weighted by Gasteiger charge is -2.31. The van der Waals surface area contributed by atoms with E-state index in [1.165, 1.54) is 0 Å². The Kier molecular flexibility index (Phi) is 5.70. The van der Waals surface area contributed by atoms with E-state index in [-0.39, 0.29) is 11.8 Å². The van der Waals surface area contributed by atoms with Gasteiger partial charge in [0.15, 0.2) is 5.78 Å². The maximum atomic E-state index is 13.8. The zero-order valence-corrected chi connectivity index (χ0v) is 21.7. The van der Waals surface area contributed by atoms with Crippen molar-refractivity contribution >= 4 is 67.9 Å². The Morgan fingerprint density at radius 3 is 2.38 bits per heavy atom. The molecule has 7 heteroatoms. The summed E-state index contributed by atoms with van der Waals surface area (Å²) in [6.45, 7) is 1.95. The SMILES string of the molecule is COc1c(I)cc(C2C(C(=O)c3ccccc3)=C(C)Nc3nc4ccccc4n32)cc1I. The smallest absolute Gasteiger partial charge is 0.209 e. The van der Waals surface area contributed by atoms with Gasteiger partial charge in [0, 0.05) is 16.8 Å². The molecule has 3 aromatic carbocycles. The van der Waals surface area contributed by atoms with Gasteiger partial charge in [-0.1, -0.05) is 42.5 Å². The molecular weight excluding hydrogens is 628 g/mol. The fourth-order valence-electron chi connectivity index (χ4n) is 4.25. The molecule has 0 fully saturated rings. The maximum Gasteiger partial charge on any atom is 0.209 e. The first-order chi connectivity index (χ1) is 15.5. The number of nitrogens with one attached hydrogen (secondary N) is 1.